The molecule has 0 aliphatic heterocycles. The predicted molar refractivity (Wildman–Crippen MR) is 90.3 cm³/mol. The van der Waals surface area contributed by atoms with E-state index >= 15 is 0 Å². The fraction of sp³-hybridized carbons (Fsp3) is 0.222. The van der Waals surface area contributed by atoms with Crippen molar-refractivity contribution in [2.75, 3.05) is 12.4 Å². The molecule has 112 valence electrons. The summed E-state index contributed by atoms with van der Waals surface area (Å²) in [6.45, 7) is 4.03. The molecule has 3 aromatic rings. The lowest BCUT2D eigenvalue weighted by Crippen LogP contribution is -1.94. The van der Waals surface area contributed by atoms with Crippen molar-refractivity contribution in [1.82, 2.24) is 9.97 Å². The molecular weight excluding hydrogens is 274 g/mol. The first-order valence-electron chi connectivity index (χ1n) is 7.36. The lowest BCUT2D eigenvalue weighted by atomic mass is 10.0. The smallest absolute Gasteiger partial charge is 0.137 e. The molecule has 0 unspecified atom stereocenters. The van der Waals surface area contributed by atoms with Crippen molar-refractivity contribution in [1.29, 1.82) is 0 Å². The third-order valence-electron chi connectivity index (χ3n) is 3.79. The predicted octanol–water partition coefficient (Wildman–Crippen LogP) is 4.17. The van der Waals surface area contributed by atoms with Gasteiger partial charge in [-0.05, 0) is 35.7 Å². The maximum atomic E-state index is 10.1. The monoisotopic (exact) mass is 293 g/mol. The highest BCUT2D eigenvalue weighted by Gasteiger charge is 2.10. The summed E-state index contributed by atoms with van der Waals surface area (Å²) in [5.41, 5.74) is 4.60. The van der Waals surface area contributed by atoms with E-state index in [-0.39, 0.29) is 11.7 Å². The fourth-order valence-electron chi connectivity index (χ4n) is 2.61. The van der Waals surface area contributed by atoms with Crippen LogP contribution in [0.3, 0.4) is 0 Å². The Balaban J connectivity index is 2.12. The average Bonchev–Trinajstić information content (AvgIpc) is 2.53. The minimum atomic E-state index is 0.200. The molecule has 22 heavy (non-hydrogen) atoms. The highest BCUT2D eigenvalue weighted by Crippen LogP contribution is 2.31. The normalized spacial score (nSPS) is 11.1. The number of benzene rings is 1. The maximum Gasteiger partial charge on any atom is 0.137 e. The number of fused-ring (bicyclic) bond motifs is 1. The van der Waals surface area contributed by atoms with Gasteiger partial charge in [0.25, 0.3) is 0 Å². The number of aromatic nitrogens is 2. The van der Waals surface area contributed by atoms with Gasteiger partial charge in [0.15, 0.2) is 0 Å². The minimum Gasteiger partial charge on any atom is -0.506 e. The van der Waals surface area contributed by atoms with Crippen molar-refractivity contribution in [2.24, 2.45) is 0 Å². The van der Waals surface area contributed by atoms with Crippen LogP contribution in [0, 0.1) is 0 Å². The summed E-state index contributed by atoms with van der Waals surface area (Å²) in [7, 11) is 1.90. The first-order valence-corrected chi connectivity index (χ1v) is 7.36. The molecule has 0 bridgehead atoms. The summed E-state index contributed by atoms with van der Waals surface area (Å²) in [4.78, 5) is 8.77. The largest absolute Gasteiger partial charge is 0.506 e. The van der Waals surface area contributed by atoms with Crippen LogP contribution < -0.4 is 5.32 Å². The maximum absolute atomic E-state index is 10.1. The zero-order valence-electron chi connectivity index (χ0n) is 13.0. The lowest BCUT2D eigenvalue weighted by molar-refractivity contribution is 0.460. The summed E-state index contributed by atoms with van der Waals surface area (Å²) in [6, 6.07) is 9.78. The second-order valence-corrected chi connectivity index (χ2v) is 5.62. The second kappa shape index (κ2) is 5.64. The molecule has 2 heterocycles. The van der Waals surface area contributed by atoms with E-state index in [2.05, 4.69) is 21.4 Å². The topological polar surface area (TPSA) is 58.0 Å². The zero-order valence-corrected chi connectivity index (χ0v) is 13.0. The average molecular weight is 293 g/mol. The standard InChI is InChI=1S/C18H19N3O/c1-11(2)18-17(22)9-13(10-21-18)12-4-5-16-14(8-12)15(19-3)6-7-20-16/h4-11,22H,1-3H3,(H,19,20). The molecule has 0 saturated heterocycles. The first-order chi connectivity index (χ1) is 10.6. The van der Waals surface area contributed by atoms with E-state index in [0.29, 0.717) is 0 Å². The van der Waals surface area contributed by atoms with Crippen LogP contribution in [-0.2, 0) is 0 Å². The molecule has 4 heteroatoms. The Morgan fingerprint density at radius 1 is 1.05 bits per heavy atom. The Morgan fingerprint density at radius 3 is 2.55 bits per heavy atom. The van der Waals surface area contributed by atoms with E-state index in [4.69, 9.17) is 0 Å². The van der Waals surface area contributed by atoms with Crippen LogP contribution in [-0.4, -0.2) is 22.1 Å². The van der Waals surface area contributed by atoms with Gasteiger partial charge < -0.3 is 10.4 Å². The number of hydrogen-bond donors (Lipinski definition) is 2. The molecule has 1 aromatic carbocycles. The molecule has 0 radical (unpaired) electrons. The SMILES string of the molecule is CNc1ccnc2ccc(-c3cnc(C(C)C)c(O)c3)cc12. The quantitative estimate of drug-likeness (QED) is 0.761. The summed E-state index contributed by atoms with van der Waals surface area (Å²) < 4.78 is 0. The number of anilines is 1. The number of pyridine rings is 2. The van der Waals surface area contributed by atoms with Gasteiger partial charge in [-0.15, -0.1) is 0 Å². The number of hydrogen-bond acceptors (Lipinski definition) is 4. The van der Waals surface area contributed by atoms with Crippen LogP contribution in [0.5, 0.6) is 5.75 Å². The molecule has 0 aliphatic rings. The highest BCUT2D eigenvalue weighted by atomic mass is 16.3. The first kappa shape index (κ1) is 14.3. The molecule has 4 nitrogen and oxygen atoms in total. The summed E-state index contributed by atoms with van der Waals surface area (Å²) in [5.74, 6) is 0.443. The van der Waals surface area contributed by atoms with Gasteiger partial charge >= 0.3 is 0 Å². The van der Waals surface area contributed by atoms with Crippen LogP contribution in [0.25, 0.3) is 22.0 Å². The number of rotatable bonds is 3. The summed E-state index contributed by atoms with van der Waals surface area (Å²) in [5, 5.41) is 14.4. The zero-order chi connectivity index (χ0) is 15.7. The third-order valence-corrected chi connectivity index (χ3v) is 3.79. The van der Waals surface area contributed by atoms with Crippen LogP contribution in [0.4, 0.5) is 5.69 Å². The van der Waals surface area contributed by atoms with Gasteiger partial charge in [-0.2, -0.15) is 0 Å². The molecule has 2 N–H and O–H groups in total. The Morgan fingerprint density at radius 2 is 1.86 bits per heavy atom. The van der Waals surface area contributed by atoms with Crippen molar-refractivity contribution in [2.45, 2.75) is 19.8 Å². The van der Waals surface area contributed by atoms with Crippen molar-refractivity contribution >= 4 is 16.6 Å². The third kappa shape index (κ3) is 2.48. The van der Waals surface area contributed by atoms with E-state index in [1.165, 1.54) is 0 Å². The van der Waals surface area contributed by atoms with E-state index < -0.39 is 0 Å². The molecule has 0 saturated carbocycles. The van der Waals surface area contributed by atoms with Crippen LogP contribution in [0.2, 0.25) is 0 Å². The van der Waals surface area contributed by atoms with Gasteiger partial charge in [-0.1, -0.05) is 19.9 Å². The molecule has 0 amide bonds. The Hall–Kier alpha value is -2.62. The van der Waals surface area contributed by atoms with Crippen LogP contribution >= 0.6 is 0 Å². The molecule has 2 aromatic heterocycles. The van der Waals surface area contributed by atoms with Crippen molar-refractivity contribution in [3.63, 3.8) is 0 Å². The lowest BCUT2D eigenvalue weighted by Gasteiger charge is -2.11. The van der Waals surface area contributed by atoms with E-state index in [1.54, 1.807) is 12.3 Å². The van der Waals surface area contributed by atoms with Gasteiger partial charge in [0, 0.05) is 36.1 Å². The molecular formula is C18H19N3O. The van der Waals surface area contributed by atoms with Crippen LogP contribution in [0.15, 0.2) is 42.7 Å². The van der Waals surface area contributed by atoms with E-state index in [9.17, 15) is 5.11 Å². The van der Waals surface area contributed by atoms with Gasteiger partial charge in [-0.3, -0.25) is 9.97 Å². The van der Waals surface area contributed by atoms with Crippen molar-refractivity contribution < 1.29 is 5.11 Å². The Kier molecular flexibility index (Phi) is 3.67. The Bertz CT molecular complexity index is 828. The van der Waals surface area contributed by atoms with E-state index in [1.807, 2.05) is 45.3 Å². The fourth-order valence-corrected chi connectivity index (χ4v) is 2.61. The van der Waals surface area contributed by atoms with Gasteiger partial charge in [0.05, 0.1) is 11.2 Å². The van der Waals surface area contributed by atoms with E-state index in [0.717, 1.165) is 33.4 Å². The number of aromatic hydroxyl groups is 1. The van der Waals surface area contributed by atoms with Crippen molar-refractivity contribution in [3.05, 3.63) is 48.4 Å². The number of nitrogens with zero attached hydrogens (tertiary/aromatic N) is 2. The highest BCUT2D eigenvalue weighted by molar-refractivity contribution is 5.94. The molecule has 0 spiro atoms. The summed E-state index contributed by atoms with van der Waals surface area (Å²) in [6.07, 6.45) is 3.60. The molecule has 0 atom stereocenters. The Labute approximate surface area is 129 Å². The van der Waals surface area contributed by atoms with Crippen LogP contribution in [0.1, 0.15) is 25.5 Å². The van der Waals surface area contributed by atoms with Gasteiger partial charge in [0.2, 0.25) is 0 Å². The minimum absolute atomic E-state index is 0.200. The van der Waals surface area contributed by atoms with Gasteiger partial charge in [-0.25, -0.2) is 0 Å². The summed E-state index contributed by atoms with van der Waals surface area (Å²) >= 11 is 0. The molecule has 3 rings (SSSR count). The second-order valence-electron chi connectivity index (χ2n) is 5.62. The van der Waals surface area contributed by atoms with Crippen molar-refractivity contribution in [3.8, 4) is 16.9 Å². The molecule has 0 aliphatic carbocycles. The van der Waals surface area contributed by atoms with Gasteiger partial charge in [0.1, 0.15) is 5.75 Å². The molecule has 0 fully saturated rings. The number of nitrogens with one attached hydrogen (secondary N) is 1.